The van der Waals surface area contributed by atoms with E-state index in [0.717, 1.165) is 56.0 Å². The molecule has 0 atom stereocenters. The molecule has 2 heteroatoms. The van der Waals surface area contributed by atoms with Crippen LogP contribution in [0.1, 0.15) is 42.4 Å². The number of allylic oxidation sites excluding steroid dienone is 1. The number of aryl methyl sites for hydroxylation is 3. The van der Waals surface area contributed by atoms with Gasteiger partial charge in [0.05, 0.1) is 6.61 Å². The Balaban J connectivity index is 1.52. The Morgan fingerprint density at radius 1 is 0.889 bits per heavy atom. The summed E-state index contributed by atoms with van der Waals surface area (Å²) >= 11 is 0. The van der Waals surface area contributed by atoms with Crippen molar-refractivity contribution in [2.45, 2.75) is 39.0 Å². The van der Waals surface area contributed by atoms with Crippen LogP contribution in [-0.2, 0) is 19.3 Å². The monoisotopic (exact) mass is 360 g/mol. The fraction of sp³-hybridized carbons (Fsp3) is 0.280. The summed E-state index contributed by atoms with van der Waals surface area (Å²) in [6.07, 6.45) is 4.72. The SMILES string of the molecule is C=C(CCc1ccc(CC)o1)c1ccccc1CCCOc1ccccc1. The molecule has 0 fully saturated rings. The summed E-state index contributed by atoms with van der Waals surface area (Å²) in [5.74, 6) is 3.02. The van der Waals surface area contributed by atoms with E-state index >= 15 is 0 Å². The highest BCUT2D eigenvalue weighted by atomic mass is 16.5. The minimum atomic E-state index is 0.719. The van der Waals surface area contributed by atoms with Crippen molar-refractivity contribution in [3.05, 3.63) is 96.0 Å². The van der Waals surface area contributed by atoms with Crippen LogP contribution in [-0.4, -0.2) is 6.61 Å². The molecule has 0 N–H and O–H groups in total. The maximum Gasteiger partial charge on any atom is 0.119 e. The number of rotatable bonds is 10. The Bertz CT molecular complexity index is 846. The largest absolute Gasteiger partial charge is 0.494 e. The smallest absolute Gasteiger partial charge is 0.119 e. The van der Waals surface area contributed by atoms with Crippen LogP contribution in [0.25, 0.3) is 5.57 Å². The summed E-state index contributed by atoms with van der Waals surface area (Å²) in [5.41, 5.74) is 3.77. The van der Waals surface area contributed by atoms with E-state index in [0.29, 0.717) is 0 Å². The molecule has 1 aromatic heterocycles. The van der Waals surface area contributed by atoms with Crippen molar-refractivity contribution in [2.75, 3.05) is 6.61 Å². The summed E-state index contributed by atoms with van der Waals surface area (Å²) < 4.78 is 11.6. The Morgan fingerprint density at radius 3 is 2.41 bits per heavy atom. The van der Waals surface area contributed by atoms with Gasteiger partial charge < -0.3 is 9.15 Å². The predicted molar refractivity (Wildman–Crippen MR) is 112 cm³/mol. The van der Waals surface area contributed by atoms with Crippen LogP contribution in [0.3, 0.4) is 0 Å². The van der Waals surface area contributed by atoms with Gasteiger partial charge in [-0.3, -0.25) is 0 Å². The van der Waals surface area contributed by atoms with Crippen LogP contribution >= 0.6 is 0 Å². The van der Waals surface area contributed by atoms with Gasteiger partial charge in [-0.25, -0.2) is 0 Å². The third kappa shape index (κ3) is 5.62. The zero-order chi connectivity index (χ0) is 18.9. The number of hydrogen-bond donors (Lipinski definition) is 0. The highest BCUT2D eigenvalue weighted by Crippen LogP contribution is 2.24. The van der Waals surface area contributed by atoms with Crippen molar-refractivity contribution >= 4 is 5.57 Å². The summed E-state index contributed by atoms with van der Waals surface area (Å²) in [4.78, 5) is 0. The second-order valence-electron chi connectivity index (χ2n) is 6.75. The second kappa shape index (κ2) is 9.82. The summed E-state index contributed by atoms with van der Waals surface area (Å²) in [6.45, 7) is 7.16. The Kier molecular flexibility index (Phi) is 6.92. The van der Waals surface area contributed by atoms with Gasteiger partial charge in [0.1, 0.15) is 17.3 Å². The molecule has 0 saturated carbocycles. The van der Waals surface area contributed by atoms with Gasteiger partial charge in [0.25, 0.3) is 0 Å². The molecule has 2 aromatic carbocycles. The molecule has 0 aliphatic heterocycles. The van der Waals surface area contributed by atoms with Crippen molar-refractivity contribution in [1.82, 2.24) is 0 Å². The fourth-order valence-electron chi connectivity index (χ4n) is 3.21. The molecule has 0 spiro atoms. The first kappa shape index (κ1) is 19.0. The lowest BCUT2D eigenvalue weighted by Crippen LogP contribution is -2.01. The van der Waals surface area contributed by atoms with Gasteiger partial charge >= 0.3 is 0 Å². The highest BCUT2D eigenvalue weighted by Gasteiger charge is 2.08. The maximum absolute atomic E-state index is 5.81. The molecule has 0 aliphatic rings. The fourth-order valence-corrected chi connectivity index (χ4v) is 3.21. The van der Waals surface area contributed by atoms with Gasteiger partial charge in [-0.05, 0) is 60.2 Å². The molecule has 1 heterocycles. The van der Waals surface area contributed by atoms with E-state index in [2.05, 4.69) is 49.9 Å². The van der Waals surface area contributed by atoms with E-state index in [1.54, 1.807) is 0 Å². The summed E-state index contributed by atoms with van der Waals surface area (Å²) in [5, 5.41) is 0. The summed E-state index contributed by atoms with van der Waals surface area (Å²) in [7, 11) is 0. The van der Waals surface area contributed by atoms with Crippen LogP contribution in [0.15, 0.2) is 77.7 Å². The Labute approximate surface area is 162 Å². The second-order valence-corrected chi connectivity index (χ2v) is 6.75. The van der Waals surface area contributed by atoms with Gasteiger partial charge in [-0.1, -0.05) is 56.0 Å². The first-order valence-corrected chi connectivity index (χ1v) is 9.77. The van der Waals surface area contributed by atoms with Gasteiger partial charge in [-0.15, -0.1) is 0 Å². The number of para-hydroxylation sites is 1. The van der Waals surface area contributed by atoms with E-state index < -0.39 is 0 Å². The average Bonchev–Trinajstić information content (AvgIpc) is 3.19. The van der Waals surface area contributed by atoms with Crippen LogP contribution in [0.4, 0.5) is 0 Å². The van der Waals surface area contributed by atoms with Gasteiger partial charge in [0, 0.05) is 12.8 Å². The zero-order valence-corrected chi connectivity index (χ0v) is 16.1. The lowest BCUT2D eigenvalue weighted by molar-refractivity contribution is 0.311. The van der Waals surface area contributed by atoms with Crippen molar-refractivity contribution in [3.63, 3.8) is 0 Å². The van der Waals surface area contributed by atoms with Crippen molar-refractivity contribution in [3.8, 4) is 5.75 Å². The van der Waals surface area contributed by atoms with Crippen molar-refractivity contribution < 1.29 is 9.15 Å². The van der Waals surface area contributed by atoms with E-state index in [4.69, 9.17) is 9.15 Å². The standard InChI is InChI=1S/C25H28O2/c1-3-22-17-18-24(27-22)16-15-20(2)25-14-8-7-10-21(25)11-9-19-26-23-12-5-4-6-13-23/h4-8,10,12-14,17-18H,2-3,9,11,15-16,19H2,1H3. The minimum Gasteiger partial charge on any atom is -0.494 e. The van der Waals surface area contributed by atoms with Crippen molar-refractivity contribution in [1.29, 1.82) is 0 Å². The number of ether oxygens (including phenoxy) is 1. The average molecular weight is 360 g/mol. The number of furan rings is 1. The zero-order valence-electron chi connectivity index (χ0n) is 16.1. The Morgan fingerprint density at radius 2 is 1.63 bits per heavy atom. The lowest BCUT2D eigenvalue weighted by atomic mass is 9.95. The van der Waals surface area contributed by atoms with Gasteiger partial charge in [0.15, 0.2) is 0 Å². The molecule has 0 radical (unpaired) electrons. The van der Waals surface area contributed by atoms with E-state index in [9.17, 15) is 0 Å². The molecular weight excluding hydrogens is 332 g/mol. The third-order valence-corrected chi connectivity index (χ3v) is 4.74. The topological polar surface area (TPSA) is 22.4 Å². The molecule has 2 nitrogen and oxygen atoms in total. The van der Waals surface area contributed by atoms with Gasteiger partial charge in [0.2, 0.25) is 0 Å². The number of hydrogen-bond acceptors (Lipinski definition) is 2. The first-order valence-electron chi connectivity index (χ1n) is 9.77. The van der Waals surface area contributed by atoms with E-state index in [-0.39, 0.29) is 0 Å². The molecule has 0 unspecified atom stereocenters. The van der Waals surface area contributed by atoms with E-state index in [1.165, 1.54) is 16.7 Å². The quantitative estimate of drug-likeness (QED) is 0.385. The minimum absolute atomic E-state index is 0.719. The maximum atomic E-state index is 5.81. The molecule has 3 rings (SSSR count). The molecule has 0 amide bonds. The van der Waals surface area contributed by atoms with Crippen molar-refractivity contribution in [2.24, 2.45) is 0 Å². The summed E-state index contributed by atoms with van der Waals surface area (Å²) in [6, 6.07) is 22.7. The molecular formula is C25H28O2. The van der Waals surface area contributed by atoms with Crippen LogP contribution in [0.2, 0.25) is 0 Å². The number of benzene rings is 2. The van der Waals surface area contributed by atoms with Crippen LogP contribution in [0.5, 0.6) is 5.75 Å². The normalized spacial score (nSPS) is 10.7. The molecule has 27 heavy (non-hydrogen) atoms. The van der Waals surface area contributed by atoms with Gasteiger partial charge in [-0.2, -0.15) is 0 Å². The third-order valence-electron chi connectivity index (χ3n) is 4.74. The predicted octanol–water partition coefficient (Wildman–Crippen LogP) is 6.50. The highest BCUT2D eigenvalue weighted by molar-refractivity contribution is 5.66. The first-order chi connectivity index (χ1) is 13.3. The Hall–Kier alpha value is -2.74. The molecule has 0 bridgehead atoms. The van der Waals surface area contributed by atoms with Crippen LogP contribution in [0, 0.1) is 0 Å². The van der Waals surface area contributed by atoms with Crippen LogP contribution < -0.4 is 4.74 Å². The molecule has 140 valence electrons. The molecule has 3 aromatic rings. The molecule has 0 aliphatic carbocycles. The lowest BCUT2D eigenvalue weighted by Gasteiger charge is -2.12. The van der Waals surface area contributed by atoms with E-state index in [1.807, 2.05) is 30.3 Å². The molecule has 0 saturated heterocycles.